The summed E-state index contributed by atoms with van der Waals surface area (Å²) in [6.45, 7) is 7.26. The molecule has 0 spiro atoms. The minimum absolute atomic E-state index is 0. The molecule has 0 saturated heterocycles. The second-order valence-corrected chi connectivity index (χ2v) is 7.35. The van der Waals surface area contributed by atoms with Crippen LogP contribution in [0.1, 0.15) is 42.0 Å². The van der Waals surface area contributed by atoms with Crippen molar-refractivity contribution in [1.82, 2.24) is 10.6 Å². The molecule has 0 fully saturated rings. The Balaban J connectivity index is 0.00000312. The average Bonchev–Trinajstić information content (AvgIpc) is 2.99. The van der Waals surface area contributed by atoms with E-state index in [2.05, 4.69) is 41.6 Å². The van der Waals surface area contributed by atoms with Crippen molar-refractivity contribution < 1.29 is 5.11 Å². The predicted molar refractivity (Wildman–Crippen MR) is 118 cm³/mol. The summed E-state index contributed by atoms with van der Waals surface area (Å²) >= 11 is 7.29. The minimum Gasteiger partial charge on any atom is -0.386 e. The van der Waals surface area contributed by atoms with E-state index in [9.17, 15) is 5.11 Å². The summed E-state index contributed by atoms with van der Waals surface area (Å²) in [6.07, 6.45) is -0.647. The van der Waals surface area contributed by atoms with Crippen LogP contribution in [0.25, 0.3) is 0 Å². The van der Waals surface area contributed by atoms with Gasteiger partial charge in [-0.05, 0) is 44.0 Å². The molecule has 25 heavy (non-hydrogen) atoms. The first-order chi connectivity index (χ1) is 11.5. The maximum absolute atomic E-state index is 10.2. The Morgan fingerprint density at radius 1 is 1.28 bits per heavy atom. The number of rotatable bonds is 6. The first kappa shape index (κ1) is 22.2. The molecule has 0 bridgehead atoms. The molecule has 4 nitrogen and oxygen atoms in total. The molecule has 0 aliphatic carbocycles. The third kappa shape index (κ3) is 6.77. The summed E-state index contributed by atoms with van der Waals surface area (Å²) < 4.78 is 0.672. The average molecular weight is 494 g/mol. The summed E-state index contributed by atoms with van der Waals surface area (Å²) in [5.41, 5.74) is 2.47. The molecule has 2 aromatic rings. The number of guanidine groups is 1. The molecule has 2 rings (SSSR count). The number of aliphatic hydroxyl groups excluding tert-OH is 1. The largest absolute Gasteiger partial charge is 0.386 e. The predicted octanol–water partition coefficient (Wildman–Crippen LogP) is 4.68. The van der Waals surface area contributed by atoms with Gasteiger partial charge in [0.05, 0.1) is 16.9 Å². The highest BCUT2D eigenvalue weighted by Crippen LogP contribution is 2.27. The van der Waals surface area contributed by atoms with Crippen molar-refractivity contribution in [3.63, 3.8) is 0 Å². The zero-order chi connectivity index (χ0) is 17.5. The standard InChI is InChI=1S/C18H24ClN3OS.HI/c1-4-20-18(21-11-15(23)16-9-10-17(19)24-16)22-13(3)14-8-6-5-7-12(14)2;/h5-10,13,15,23H,4,11H2,1-3H3,(H2,20,21,22);1H. The Kier molecular flexibility index (Phi) is 9.78. The number of aliphatic imine (C=N–C) groups is 1. The Hall–Kier alpha value is -0.830. The van der Waals surface area contributed by atoms with Crippen molar-refractivity contribution in [2.45, 2.75) is 32.9 Å². The Morgan fingerprint density at radius 2 is 2.00 bits per heavy atom. The van der Waals surface area contributed by atoms with Crippen LogP contribution in [0.15, 0.2) is 41.4 Å². The molecule has 138 valence electrons. The molecule has 0 aliphatic heterocycles. The second-order valence-electron chi connectivity index (χ2n) is 5.60. The highest BCUT2D eigenvalue weighted by Gasteiger charge is 2.12. The van der Waals surface area contributed by atoms with Crippen molar-refractivity contribution in [3.05, 3.63) is 56.7 Å². The summed E-state index contributed by atoms with van der Waals surface area (Å²) in [6, 6.07) is 12.0. The Morgan fingerprint density at radius 3 is 2.60 bits per heavy atom. The normalized spacial score (nSPS) is 13.7. The van der Waals surface area contributed by atoms with E-state index in [1.165, 1.54) is 22.5 Å². The first-order valence-electron chi connectivity index (χ1n) is 8.05. The third-order valence-corrected chi connectivity index (χ3v) is 5.03. The lowest BCUT2D eigenvalue weighted by Crippen LogP contribution is -2.39. The number of nitrogens with zero attached hydrogens (tertiary/aromatic N) is 1. The summed E-state index contributed by atoms with van der Waals surface area (Å²) in [4.78, 5) is 5.33. The molecular weight excluding hydrogens is 469 g/mol. The molecule has 0 amide bonds. The third-order valence-electron chi connectivity index (χ3n) is 3.70. The number of hydrogen-bond acceptors (Lipinski definition) is 3. The van der Waals surface area contributed by atoms with E-state index in [0.717, 1.165) is 11.4 Å². The Bertz CT molecular complexity index is 692. The van der Waals surface area contributed by atoms with E-state index < -0.39 is 6.10 Å². The van der Waals surface area contributed by atoms with E-state index in [0.29, 0.717) is 10.3 Å². The van der Waals surface area contributed by atoms with Crippen LogP contribution in [0.3, 0.4) is 0 Å². The highest BCUT2D eigenvalue weighted by molar-refractivity contribution is 14.0. The van der Waals surface area contributed by atoms with Crippen molar-refractivity contribution >= 4 is 52.9 Å². The van der Waals surface area contributed by atoms with Gasteiger partial charge in [0.1, 0.15) is 6.10 Å². The second kappa shape index (κ2) is 11.0. The Labute approximate surface area is 175 Å². The van der Waals surface area contributed by atoms with Gasteiger partial charge in [-0.2, -0.15) is 0 Å². The van der Waals surface area contributed by atoms with Crippen LogP contribution in [-0.4, -0.2) is 24.2 Å². The maximum atomic E-state index is 10.2. The number of halogens is 2. The number of benzene rings is 1. The van der Waals surface area contributed by atoms with Gasteiger partial charge < -0.3 is 15.7 Å². The zero-order valence-corrected chi connectivity index (χ0v) is 18.5. The van der Waals surface area contributed by atoms with Gasteiger partial charge in [-0.15, -0.1) is 35.3 Å². The van der Waals surface area contributed by atoms with Crippen LogP contribution in [-0.2, 0) is 0 Å². The van der Waals surface area contributed by atoms with E-state index in [4.69, 9.17) is 11.6 Å². The molecular formula is C18H25ClIN3OS. The first-order valence-corrected chi connectivity index (χ1v) is 9.24. The van der Waals surface area contributed by atoms with E-state index in [1.54, 1.807) is 6.07 Å². The summed E-state index contributed by atoms with van der Waals surface area (Å²) in [7, 11) is 0. The van der Waals surface area contributed by atoms with Gasteiger partial charge in [0, 0.05) is 11.4 Å². The van der Waals surface area contributed by atoms with E-state index >= 15 is 0 Å². The van der Waals surface area contributed by atoms with Crippen LogP contribution in [0, 0.1) is 6.92 Å². The number of aliphatic hydroxyl groups is 1. The van der Waals surface area contributed by atoms with Gasteiger partial charge in [0.15, 0.2) is 5.96 Å². The topological polar surface area (TPSA) is 56.7 Å². The van der Waals surface area contributed by atoms with Gasteiger partial charge in [-0.25, -0.2) is 0 Å². The van der Waals surface area contributed by atoms with Crippen molar-refractivity contribution in [1.29, 1.82) is 0 Å². The molecule has 3 N–H and O–H groups in total. The number of hydrogen-bond donors (Lipinski definition) is 3. The molecule has 2 atom stereocenters. The maximum Gasteiger partial charge on any atom is 0.191 e. The summed E-state index contributed by atoms with van der Waals surface area (Å²) in [5, 5.41) is 16.8. The lowest BCUT2D eigenvalue weighted by molar-refractivity contribution is 0.191. The minimum atomic E-state index is -0.647. The lowest BCUT2D eigenvalue weighted by atomic mass is 10.0. The smallest absolute Gasteiger partial charge is 0.191 e. The van der Waals surface area contributed by atoms with Gasteiger partial charge in [0.2, 0.25) is 0 Å². The molecule has 1 aromatic carbocycles. The molecule has 0 aliphatic rings. The highest BCUT2D eigenvalue weighted by atomic mass is 127. The number of aryl methyl sites for hydroxylation is 1. The zero-order valence-electron chi connectivity index (χ0n) is 14.6. The van der Waals surface area contributed by atoms with Crippen LogP contribution in [0.5, 0.6) is 0 Å². The van der Waals surface area contributed by atoms with Gasteiger partial charge in [-0.3, -0.25) is 4.99 Å². The fraction of sp³-hybridized carbons (Fsp3) is 0.389. The van der Waals surface area contributed by atoms with E-state index in [1.807, 2.05) is 25.1 Å². The SMILES string of the molecule is CCNC(=NCC(O)c1ccc(Cl)s1)NC(C)c1ccccc1C.I. The van der Waals surface area contributed by atoms with Crippen LogP contribution >= 0.6 is 46.9 Å². The molecule has 1 aromatic heterocycles. The molecule has 1 heterocycles. The van der Waals surface area contributed by atoms with E-state index in [-0.39, 0.29) is 36.6 Å². The van der Waals surface area contributed by atoms with Gasteiger partial charge in [0.25, 0.3) is 0 Å². The van der Waals surface area contributed by atoms with Crippen molar-refractivity contribution in [2.24, 2.45) is 4.99 Å². The van der Waals surface area contributed by atoms with Crippen LogP contribution in [0.2, 0.25) is 4.34 Å². The lowest BCUT2D eigenvalue weighted by Gasteiger charge is -2.20. The molecule has 0 radical (unpaired) electrons. The summed E-state index contributed by atoms with van der Waals surface area (Å²) in [5.74, 6) is 0.690. The molecule has 0 saturated carbocycles. The van der Waals surface area contributed by atoms with Gasteiger partial charge >= 0.3 is 0 Å². The number of nitrogens with one attached hydrogen (secondary N) is 2. The molecule has 7 heteroatoms. The quantitative estimate of drug-likeness (QED) is 0.311. The monoisotopic (exact) mass is 493 g/mol. The van der Waals surface area contributed by atoms with Crippen molar-refractivity contribution in [2.75, 3.05) is 13.1 Å². The molecule has 2 unspecified atom stereocenters. The van der Waals surface area contributed by atoms with Crippen LogP contribution < -0.4 is 10.6 Å². The number of thiophene rings is 1. The van der Waals surface area contributed by atoms with Crippen LogP contribution in [0.4, 0.5) is 0 Å². The van der Waals surface area contributed by atoms with Crippen molar-refractivity contribution in [3.8, 4) is 0 Å². The fourth-order valence-corrected chi connectivity index (χ4v) is 3.49. The fourth-order valence-electron chi connectivity index (χ4n) is 2.45. The van der Waals surface area contributed by atoms with Gasteiger partial charge in [-0.1, -0.05) is 35.9 Å².